The monoisotopic (exact) mass is 328 g/mol. The molecular weight excluding hydrogens is 304 g/mol. The molecule has 128 valence electrons. The molecule has 1 saturated heterocycles. The SMILES string of the molecule is CN(Cc1ccncc1)C(=O)NC[C@H](c1ccco1)N1CCCC1. The van der Waals surface area contributed by atoms with Crippen LogP contribution in [-0.2, 0) is 6.54 Å². The average molecular weight is 328 g/mol. The Hall–Kier alpha value is -2.34. The zero-order chi connectivity index (χ0) is 16.8. The summed E-state index contributed by atoms with van der Waals surface area (Å²) < 4.78 is 5.58. The fourth-order valence-electron chi connectivity index (χ4n) is 3.10. The number of pyridine rings is 1. The molecular formula is C18H24N4O2. The van der Waals surface area contributed by atoms with Gasteiger partial charge in [0.2, 0.25) is 0 Å². The second kappa shape index (κ2) is 7.97. The van der Waals surface area contributed by atoms with E-state index in [0.29, 0.717) is 13.1 Å². The number of aromatic nitrogens is 1. The van der Waals surface area contributed by atoms with Crippen LogP contribution in [0.3, 0.4) is 0 Å². The predicted octanol–water partition coefficient (Wildman–Crippen LogP) is 2.65. The number of carbonyl (C=O) groups is 1. The molecule has 2 aromatic heterocycles. The molecule has 3 heterocycles. The second-order valence-corrected chi connectivity index (χ2v) is 6.17. The molecule has 2 aromatic rings. The van der Waals surface area contributed by atoms with E-state index in [1.807, 2.05) is 24.3 Å². The van der Waals surface area contributed by atoms with Crippen molar-refractivity contribution in [3.05, 3.63) is 54.2 Å². The maximum atomic E-state index is 12.4. The summed E-state index contributed by atoms with van der Waals surface area (Å²) in [5.41, 5.74) is 1.06. The summed E-state index contributed by atoms with van der Waals surface area (Å²) in [5, 5.41) is 3.04. The molecule has 0 saturated carbocycles. The lowest BCUT2D eigenvalue weighted by atomic mass is 10.2. The van der Waals surface area contributed by atoms with Crippen molar-refractivity contribution in [1.82, 2.24) is 20.1 Å². The van der Waals surface area contributed by atoms with Crippen LogP contribution in [0, 0.1) is 0 Å². The van der Waals surface area contributed by atoms with Crippen LogP contribution in [0.2, 0.25) is 0 Å². The van der Waals surface area contributed by atoms with Gasteiger partial charge in [-0.3, -0.25) is 9.88 Å². The number of likely N-dealkylation sites (tertiary alicyclic amines) is 1. The molecule has 1 aliphatic rings. The quantitative estimate of drug-likeness (QED) is 0.885. The highest BCUT2D eigenvalue weighted by Crippen LogP contribution is 2.24. The predicted molar refractivity (Wildman–Crippen MR) is 91.4 cm³/mol. The van der Waals surface area contributed by atoms with Gasteiger partial charge in [0.15, 0.2) is 0 Å². The van der Waals surface area contributed by atoms with Crippen LogP contribution in [0.1, 0.15) is 30.2 Å². The Kier molecular flexibility index (Phi) is 5.48. The van der Waals surface area contributed by atoms with Gasteiger partial charge in [0.25, 0.3) is 0 Å². The van der Waals surface area contributed by atoms with Crippen molar-refractivity contribution in [2.24, 2.45) is 0 Å². The van der Waals surface area contributed by atoms with Crippen molar-refractivity contribution in [2.75, 3.05) is 26.7 Å². The highest BCUT2D eigenvalue weighted by Gasteiger charge is 2.26. The number of nitrogens with zero attached hydrogens (tertiary/aromatic N) is 3. The standard InChI is InChI=1S/C18H24N4O2/c1-21(14-15-6-8-19-9-7-15)18(23)20-13-16(17-5-4-12-24-17)22-10-2-3-11-22/h4-9,12,16H,2-3,10-11,13-14H2,1H3,(H,20,23)/t16-/m1/s1. The third-order valence-corrected chi connectivity index (χ3v) is 4.42. The van der Waals surface area contributed by atoms with Crippen molar-refractivity contribution in [3.8, 4) is 0 Å². The lowest BCUT2D eigenvalue weighted by Gasteiger charge is -2.27. The Labute approximate surface area is 142 Å². The minimum Gasteiger partial charge on any atom is -0.468 e. The van der Waals surface area contributed by atoms with Gasteiger partial charge in [0.05, 0.1) is 12.3 Å². The Bertz CT molecular complexity index is 624. The molecule has 1 fully saturated rings. The number of carbonyl (C=O) groups excluding carboxylic acids is 1. The summed E-state index contributed by atoms with van der Waals surface area (Å²) in [6, 6.07) is 7.73. The maximum absolute atomic E-state index is 12.4. The van der Waals surface area contributed by atoms with E-state index in [2.05, 4.69) is 15.2 Å². The number of rotatable bonds is 6. The molecule has 6 heteroatoms. The van der Waals surface area contributed by atoms with Gasteiger partial charge in [-0.1, -0.05) is 0 Å². The van der Waals surface area contributed by atoms with Crippen molar-refractivity contribution in [3.63, 3.8) is 0 Å². The van der Waals surface area contributed by atoms with E-state index in [1.54, 1.807) is 30.6 Å². The van der Waals surface area contributed by atoms with Gasteiger partial charge in [-0.2, -0.15) is 0 Å². The van der Waals surface area contributed by atoms with Gasteiger partial charge in [-0.25, -0.2) is 4.79 Å². The third-order valence-electron chi connectivity index (χ3n) is 4.42. The first-order chi connectivity index (χ1) is 11.7. The highest BCUT2D eigenvalue weighted by atomic mass is 16.3. The average Bonchev–Trinajstić information content (AvgIpc) is 3.30. The summed E-state index contributed by atoms with van der Waals surface area (Å²) in [4.78, 5) is 20.4. The Balaban J connectivity index is 1.56. The van der Waals surface area contributed by atoms with Gasteiger partial charge in [-0.05, 0) is 55.8 Å². The van der Waals surface area contributed by atoms with Crippen molar-refractivity contribution in [1.29, 1.82) is 0 Å². The molecule has 3 rings (SSSR count). The van der Waals surface area contributed by atoms with Crippen molar-refractivity contribution < 1.29 is 9.21 Å². The van der Waals surface area contributed by atoms with Crippen LogP contribution >= 0.6 is 0 Å². The van der Waals surface area contributed by atoms with Crippen LogP contribution < -0.4 is 5.32 Å². The first-order valence-electron chi connectivity index (χ1n) is 8.39. The number of nitrogens with one attached hydrogen (secondary N) is 1. The number of hydrogen-bond acceptors (Lipinski definition) is 4. The molecule has 1 atom stereocenters. The Morgan fingerprint density at radius 1 is 1.33 bits per heavy atom. The lowest BCUT2D eigenvalue weighted by Crippen LogP contribution is -2.42. The van der Waals surface area contributed by atoms with E-state index in [9.17, 15) is 4.79 Å². The number of amides is 2. The van der Waals surface area contributed by atoms with Crippen LogP contribution in [0.25, 0.3) is 0 Å². The van der Waals surface area contributed by atoms with Crippen LogP contribution in [-0.4, -0.2) is 47.5 Å². The summed E-state index contributed by atoms with van der Waals surface area (Å²) in [6.07, 6.45) is 7.57. The van der Waals surface area contributed by atoms with E-state index in [0.717, 1.165) is 24.4 Å². The Morgan fingerprint density at radius 2 is 2.08 bits per heavy atom. The number of urea groups is 1. The van der Waals surface area contributed by atoms with Crippen LogP contribution in [0.5, 0.6) is 0 Å². The molecule has 0 spiro atoms. The highest BCUT2D eigenvalue weighted by molar-refractivity contribution is 5.73. The Morgan fingerprint density at radius 3 is 2.75 bits per heavy atom. The molecule has 0 unspecified atom stereocenters. The van der Waals surface area contributed by atoms with E-state index in [4.69, 9.17) is 4.42 Å². The summed E-state index contributed by atoms with van der Waals surface area (Å²) in [6.45, 7) is 3.21. The summed E-state index contributed by atoms with van der Waals surface area (Å²) >= 11 is 0. The first kappa shape index (κ1) is 16.5. The minimum atomic E-state index is -0.0810. The topological polar surface area (TPSA) is 61.6 Å². The molecule has 1 aliphatic heterocycles. The third kappa shape index (κ3) is 4.14. The minimum absolute atomic E-state index is 0.0810. The molecule has 0 bridgehead atoms. The van der Waals surface area contributed by atoms with E-state index in [-0.39, 0.29) is 12.1 Å². The molecule has 24 heavy (non-hydrogen) atoms. The van der Waals surface area contributed by atoms with Gasteiger partial charge in [0.1, 0.15) is 5.76 Å². The number of furan rings is 1. The second-order valence-electron chi connectivity index (χ2n) is 6.17. The van der Waals surface area contributed by atoms with Crippen LogP contribution in [0.4, 0.5) is 4.79 Å². The van der Waals surface area contributed by atoms with Crippen molar-refractivity contribution in [2.45, 2.75) is 25.4 Å². The van der Waals surface area contributed by atoms with E-state index in [1.165, 1.54) is 12.8 Å². The normalized spacial score (nSPS) is 16.0. The van der Waals surface area contributed by atoms with E-state index < -0.39 is 0 Å². The van der Waals surface area contributed by atoms with Crippen molar-refractivity contribution >= 4 is 6.03 Å². The molecule has 0 aromatic carbocycles. The largest absolute Gasteiger partial charge is 0.468 e. The molecule has 2 amide bonds. The van der Waals surface area contributed by atoms with Gasteiger partial charge in [-0.15, -0.1) is 0 Å². The molecule has 1 N–H and O–H groups in total. The van der Waals surface area contributed by atoms with Crippen LogP contribution in [0.15, 0.2) is 47.3 Å². The van der Waals surface area contributed by atoms with E-state index >= 15 is 0 Å². The maximum Gasteiger partial charge on any atom is 0.317 e. The van der Waals surface area contributed by atoms with Gasteiger partial charge < -0.3 is 14.6 Å². The smallest absolute Gasteiger partial charge is 0.317 e. The fourth-order valence-corrected chi connectivity index (χ4v) is 3.10. The molecule has 0 aliphatic carbocycles. The summed E-state index contributed by atoms with van der Waals surface area (Å²) in [7, 11) is 1.80. The summed E-state index contributed by atoms with van der Waals surface area (Å²) in [5.74, 6) is 0.911. The van der Waals surface area contributed by atoms with Gasteiger partial charge in [0, 0.05) is 32.5 Å². The fraction of sp³-hybridized carbons (Fsp3) is 0.444. The zero-order valence-corrected chi connectivity index (χ0v) is 14.0. The number of hydrogen-bond donors (Lipinski definition) is 1. The first-order valence-corrected chi connectivity index (χ1v) is 8.39. The molecule has 6 nitrogen and oxygen atoms in total. The lowest BCUT2D eigenvalue weighted by molar-refractivity contribution is 0.187. The molecule has 0 radical (unpaired) electrons. The zero-order valence-electron chi connectivity index (χ0n) is 14.0. The van der Waals surface area contributed by atoms with Gasteiger partial charge >= 0.3 is 6.03 Å².